The van der Waals surface area contributed by atoms with Gasteiger partial charge in [-0.05, 0) is 12.3 Å². The molecule has 0 saturated heterocycles. The topological polar surface area (TPSA) is 60.7 Å². The van der Waals surface area contributed by atoms with E-state index in [1.807, 2.05) is 0 Å². The van der Waals surface area contributed by atoms with Gasteiger partial charge in [0.25, 0.3) is 5.97 Å². The van der Waals surface area contributed by atoms with Crippen LogP contribution in [0.5, 0.6) is 0 Å². The first-order valence-electron chi connectivity index (χ1n) is 4.01. The van der Waals surface area contributed by atoms with E-state index in [0.29, 0.717) is 12.3 Å². The Balaban J connectivity index is 3.61. The SMILES string of the molecule is CC(C)CCC(C)C(O)(O)O. The lowest BCUT2D eigenvalue weighted by Crippen LogP contribution is -2.35. The smallest absolute Gasteiger partial charge is 0.277 e. The summed E-state index contributed by atoms with van der Waals surface area (Å²) >= 11 is 0. The van der Waals surface area contributed by atoms with Gasteiger partial charge in [0.2, 0.25) is 0 Å². The largest absolute Gasteiger partial charge is 0.343 e. The van der Waals surface area contributed by atoms with Crippen molar-refractivity contribution in [3.05, 3.63) is 0 Å². The van der Waals surface area contributed by atoms with Crippen molar-refractivity contribution in [1.29, 1.82) is 0 Å². The third kappa shape index (κ3) is 5.18. The van der Waals surface area contributed by atoms with E-state index >= 15 is 0 Å². The van der Waals surface area contributed by atoms with Gasteiger partial charge in [-0.25, -0.2) is 0 Å². The van der Waals surface area contributed by atoms with Gasteiger partial charge in [0.15, 0.2) is 0 Å². The van der Waals surface area contributed by atoms with E-state index in [-0.39, 0.29) is 0 Å². The molecule has 0 aromatic carbocycles. The molecule has 0 amide bonds. The maximum Gasteiger partial charge on any atom is 0.277 e. The Labute approximate surface area is 67.7 Å². The average Bonchev–Trinajstić information content (AvgIpc) is 1.80. The highest BCUT2D eigenvalue weighted by atomic mass is 16.7. The molecule has 3 heteroatoms. The summed E-state index contributed by atoms with van der Waals surface area (Å²) < 4.78 is 0. The van der Waals surface area contributed by atoms with Crippen LogP contribution in [-0.4, -0.2) is 21.3 Å². The molecule has 0 spiro atoms. The van der Waals surface area contributed by atoms with Crippen LogP contribution >= 0.6 is 0 Å². The van der Waals surface area contributed by atoms with Crippen molar-refractivity contribution in [3.63, 3.8) is 0 Å². The van der Waals surface area contributed by atoms with Crippen LogP contribution in [0.1, 0.15) is 33.6 Å². The number of hydrogen-bond acceptors (Lipinski definition) is 3. The molecule has 3 nitrogen and oxygen atoms in total. The van der Waals surface area contributed by atoms with Gasteiger partial charge in [0.1, 0.15) is 0 Å². The predicted molar refractivity (Wildman–Crippen MR) is 42.6 cm³/mol. The monoisotopic (exact) mass is 162 g/mol. The maximum absolute atomic E-state index is 8.71. The molecule has 1 unspecified atom stereocenters. The van der Waals surface area contributed by atoms with E-state index in [9.17, 15) is 0 Å². The Bertz CT molecular complexity index is 104. The first-order chi connectivity index (χ1) is 4.84. The Morgan fingerprint density at radius 2 is 1.45 bits per heavy atom. The van der Waals surface area contributed by atoms with Crippen LogP contribution in [0.2, 0.25) is 0 Å². The van der Waals surface area contributed by atoms with Gasteiger partial charge in [-0.15, -0.1) is 0 Å². The molecule has 0 fully saturated rings. The van der Waals surface area contributed by atoms with Crippen molar-refractivity contribution in [2.45, 2.75) is 39.6 Å². The van der Waals surface area contributed by atoms with E-state index < -0.39 is 11.9 Å². The summed E-state index contributed by atoms with van der Waals surface area (Å²) in [4.78, 5) is 0. The fourth-order valence-corrected chi connectivity index (χ4v) is 0.777. The molecule has 11 heavy (non-hydrogen) atoms. The summed E-state index contributed by atoms with van der Waals surface area (Å²) in [7, 11) is 0. The highest BCUT2D eigenvalue weighted by Crippen LogP contribution is 2.19. The molecule has 3 N–H and O–H groups in total. The summed E-state index contributed by atoms with van der Waals surface area (Å²) in [6.45, 7) is 5.73. The van der Waals surface area contributed by atoms with Crippen LogP contribution in [0.15, 0.2) is 0 Å². The summed E-state index contributed by atoms with van der Waals surface area (Å²) in [6, 6.07) is 0. The molecule has 0 aliphatic heterocycles. The molecule has 0 aliphatic rings. The number of rotatable bonds is 4. The summed E-state index contributed by atoms with van der Waals surface area (Å²) in [5.74, 6) is -2.46. The quantitative estimate of drug-likeness (QED) is 0.533. The van der Waals surface area contributed by atoms with Gasteiger partial charge < -0.3 is 15.3 Å². The van der Waals surface area contributed by atoms with Gasteiger partial charge in [0.05, 0.1) is 0 Å². The molecule has 0 aromatic heterocycles. The third-order valence-electron chi connectivity index (χ3n) is 1.84. The lowest BCUT2D eigenvalue weighted by Gasteiger charge is -2.22. The lowest BCUT2D eigenvalue weighted by atomic mass is 9.98. The van der Waals surface area contributed by atoms with Gasteiger partial charge in [-0.2, -0.15) is 0 Å². The van der Waals surface area contributed by atoms with Crippen LogP contribution in [0.3, 0.4) is 0 Å². The van der Waals surface area contributed by atoms with Crippen LogP contribution in [0.25, 0.3) is 0 Å². The third-order valence-corrected chi connectivity index (χ3v) is 1.84. The minimum atomic E-state index is -2.51. The minimum Gasteiger partial charge on any atom is -0.343 e. The Kier molecular flexibility index (Phi) is 4.00. The minimum absolute atomic E-state index is 0.482. The maximum atomic E-state index is 8.71. The van der Waals surface area contributed by atoms with E-state index in [4.69, 9.17) is 15.3 Å². The summed E-state index contributed by atoms with van der Waals surface area (Å²) in [5.41, 5.74) is 0. The zero-order valence-electron chi connectivity index (χ0n) is 7.41. The summed E-state index contributed by atoms with van der Waals surface area (Å²) in [5, 5.41) is 26.1. The first-order valence-corrected chi connectivity index (χ1v) is 4.01. The van der Waals surface area contributed by atoms with Crippen LogP contribution in [0, 0.1) is 11.8 Å². The number of hydrogen-bond donors (Lipinski definition) is 3. The molecule has 0 rings (SSSR count). The van der Waals surface area contributed by atoms with E-state index in [1.54, 1.807) is 6.92 Å². The van der Waals surface area contributed by atoms with E-state index in [0.717, 1.165) is 6.42 Å². The first kappa shape index (κ1) is 10.9. The lowest BCUT2D eigenvalue weighted by molar-refractivity contribution is -0.340. The van der Waals surface area contributed by atoms with Crippen LogP contribution in [0.4, 0.5) is 0 Å². The molecule has 0 saturated carbocycles. The van der Waals surface area contributed by atoms with Crippen molar-refractivity contribution in [1.82, 2.24) is 0 Å². The second-order valence-corrected chi connectivity index (χ2v) is 3.56. The normalized spacial score (nSPS) is 15.5. The highest BCUT2D eigenvalue weighted by Gasteiger charge is 2.27. The Hall–Kier alpha value is -0.120. The Morgan fingerprint density at radius 3 is 1.73 bits per heavy atom. The van der Waals surface area contributed by atoms with Crippen molar-refractivity contribution >= 4 is 0 Å². The van der Waals surface area contributed by atoms with Crippen molar-refractivity contribution in [2.75, 3.05) is 0 Å². The zero-order valence-corrected chi connectivity index (χ0v) is 7.41. The molecule has 0 aromatic rings. The number of aliphatic hydroxyl groups is 3. The zero-order chi connectivity index (χ0) is 9.07. The molecule has 0 aliphatic carbocycles. The van der Waals surface area contributed by atoms with Crippen molar-refractivity contribution < 1.29 is 15.3 Å². The molecule has 68 valence electrons. The molecular weight excluding hydrogens is 144 g/mol. The molecule has 1 atom stereocenters. The van der Waals surface area contributed by atoms with E-state index in [2.05, 4.69) is 13.8 Å². The van der Waals surface area contributed by atoms with Crippen LogP contribution in [-0.2, 0) is 0 Å². The standard InChI is InChI=1S/C8H18O3/c1-6(2)4-5-7(3)8(9,10)11/h6-7,9-11H,4-5H2,1-3H3. The van der Waals surface area contributed by atoms with Gasteiger partial charge in [-0.3, -0.25) is 0 Å². The molecule has 0 radical (unpaired) electrons. The average molecular weight is 162 g/mol. The van der Waals surface area contributed by atoms with Crippen LogP contribution < -0.4 is 0 Å². The van der Waals surface area contributed by atoms with Gasteiger partial charge in [-0.1, -0.05) is 27.2 Å². The van der Waals surface area contributed by atoms with E-state index in [1.165, 1.54) is 0 Å². The fraction of sp³-hybridized carbons (Fsp3) is 1.00. The van der Waals surface area contributed by atoms with Gasteiger partial charge in [0, 0.05) is 5.92 Å². The molecule has 0 bridgehead atoms. The Morgan fingerprint density at radius 1 is 1.00 bits per heavy atom. The van der Waals surface area contributed by atoms with Gasteiger partial charge >= 0.3 is 0 Å². The molecule has 0 heterocycles. The van der Waals surface area contributed by atoms with Crippen molar-refractivity contribution in [2.24, 2.45) is 11.8 Å². The van der Waals surface area contributed by atoms with Crippen molar-refractivity contribution in [3.8, 4) is 0 Å². The predicted octanol–water partition coefficient (Wildman–Crippen LogP) is 0.689. The second kappa shape index (κ2) is 4.04. The highest BCUT2D eigenvalue weighted by molar-refractivity contribution is 4.61. The second-order valence-electron chi connectivity index (χ2n) is 3.56. The summed E-state index contributed by atoms with van der Waals surface area (Å²) in [6.07, 6.45) is 1.52. The fourth-order valence-electron chi connectivity index (χ4n) is 0.777. The molecular formula is C8H18O3.